The molecule has 0 saturated heterocycles. The second-order valence-electron chi connectivity index (χ2n) is 12.2. The lowest BCUT2D eigenvalue weighted by molar-refractivity contribution is -0.140. The van der Waals surface area contributed by atoms with Gasteiger partial charge in [-0.2, -0.15) is 0 Å². The Hall–Kier alpha value is -4.42. The molecule has 12 heteroatoms. The topological polar surface area (TPSA) is 105 Å². The number of halogens is 2. The summed E-state index contributed by atoms with van der Waals surface area (Å²) in [6.07, 6.45) is 5.05. The number of hydrogen-bond donors (Lipinski definition) is 1. The van der Waals surface area contributed by atoms with Crippen molar-refractivity contribution in [3.05, 3.63) is 118 Å². The zero-order chi connectivity index (χ0) is 35.7. The van der Waals surface area contributed by atoms with Crippen LogP contribution < -0.4 is 19.1 Å². The first-order valence-electron chi connectivity index (χ1n) is 16.5. The van der Waals surface area contributed by atoms with Crippen molar-refractivity contribution < 1.29 is 31.9 Å². The molecule has 1 atom stereocenters. The summed E-state index contributed by atoms with van der Waals surface area (Å²) in [7, 11) is -1.61. The van der Waals surface area contributed by atoms with Crippen molar-refractivity contribution in [1.29, 1.82) is 0 Å². The number of carbonyl (C=O) groups excluding carboxylic acids is 2. The highest BCUT2D eigenvalue weighted by atomic mass is 79.9. The van der Waals surface area contributed by atoms with Gasteiger partial charge in [0.2, 0.25) is 11.8 Å². The summed E-state index contributed by atoms with van der Waals surface area (Å²) in [5.41, 5.74) is 1.67. The summed E-state index contributed by atoms with van der Waals surface area (Å²) in [5, 5.41) is 3.20. The van der Waals surface area contributed by atoms with Crippen LogP contribution in [0.25, 0.3) is 0 Å². The van der Waals surface area contributed by atoms with Gasteiger partial charge in [0.15, 0.2) is 11.5 Å². The number of amides is 2. The first kappa shape index (κ1) is 36.9. The van der Waals surface area contributed by atoms with E-state index >= 15 is 0 Å². The molecule has 0 aliphatic heterocycles. The predicted molar refractivity (Wildman–Crippen MR) is 194 cm³/mol. The number of ether oxygens (including phenoxy) is 2. The fraction of sp³-hybridized carbons (Fsp3) is 0.316. The van der Waals surface area contributed by atoms with Crippen molar-refractivity contribution >= 4 is 43.5 Å². The Kier molecular flexibility index (Phi) is 12.5. The van der Waals surface area contributed by atoms with Gasteiger partial charge in [0.25, 0.3) is 10.0 Å². The minimum atomic E-state index is -4.44. The summed E-state index contributed by atoms with van der Waals surface area (Å²) < 4.78 is 55.3. The molecular formula is C38H41BrFN3O6S. The van der Waals surface area contributed by atoms with E-state index in [0.717, 1.165) is 64.1 Å². The molecule has 5 rings (SSSR count). The molecule has 0 radical (unpaired) electrons. The Labute approximate surface area is 301 Å². The lowest BCUT2D eigenvalue weighted by Crippen LogP contribution is -2.55. The fourth-order valence-corrected chi connectivity index (χ4v) is 7.82. The van der Waals surface area contributed by atoms with Crippen LogP contribution in [0.1, 0.15) is 43.2 Å². The van der Waals surface area contributed by atoms with Crippen molar-refractivity contribution in [2.24, 2.45) is 0 Å². The number of nitrogens with one attached hydrogen (secondary N) is 1. The molecule has 1 fully saturated rings. The summed E-state index contributed by atoms with van der Waals surface area (Å²) in [6.45, 7) is -0.629. The highest BCUT2D eigenvalue weighted by Gasteiger charge is 2.35. The van der Waals surface area contributed by atoms with E-state index < -0.39 is 34.3 Å². The lowest BCUT2D eigenvalue weighted by Gasteiger charge is -2.35. The summed E-state index contributed by atoms with van der Waals surface area (Å²) in [4.78, 5) is 30.2. The van der Waals surface area contributed by atoms with E-state index in [2.05, 4.69) is 21.2 Å². The summed E-state index contributed by atoms with van der Waals surface area (Å²) in [6, 6.07) is 24.8. The summed E-state index contributed by atoms with van der Waals surface area (Å²) in [5.74, 6) is -0.978. The molecule has 1 N–H and O–H groups in total. The van der Waals surface area contributed by atoms with Gasteiger partial charge in [-0.1, -0.05) is 77.7 Å². The minimum Gasteiger partial charge on any atom is -0.493 e. The molecule has 0 spiro atoms. The Bertz CT molecular complexity index is 1850. The molecule has 0 aromatic heterocycles. The SMILES string of the molecule is COc1ccc(S(=O)(=O)N(CC(=O)N(Cc2ccc(Br)cc2)[C@@H](Cc2ccccc2)C(=O)NC2CCCCC2)c2ccc(F)cc2)cc1OC. The third kappa shape index (κ3) is 9.22. The van der Waals surface area contributed by atoms with Crippen LogP contribution in [-0.4, -0.2) is 58.0 Å². The standard InChI is InChI=1S/C38H41BrFN3O6S/c1-48-35-22-21-33(24-36(35)49-2)50(46,47)43(32-19-17-30(40)18-20-32)26-37(44)42(25-28-13-15-29(39)16-14-28)34(23-27-9-5-3-6-10-27)38(45)41-31-11-7-4-8-12-31/h3,5-6,9-10,13-22,24,31,34H,4,7-8,11-12,23,25-26H2,1-2H3,(H,41,45)/t34-/m0/s1. The van der Waals surface area contributed by atoms with E-state index in [1.165, 1.54) is 49.5 Å². The van der Waals surface area contributed by atoms with Gasteiger partial charge in [-0.05, 0) is 72.5 Å². The molecular weight excluding hydrogens is 725 g/mol. The average molecular weight is 767 g/mol. The third-order valence-electron chi connectivity index (χ3n) is 8.83. The molecule has 50 heavy (non-hydrogen) atoms. The predicted octanol–water partition coefficient (Wildman–Crippen LogP) is 6.89. The van der Waals surface area contributed by atoms with E-state index in [9.17, 15) is 22.4 Å². The molecule has 1 aliphatic rings. The summed E-state index contributed by atoms with van der Waals surface area (Å²) >= 11 is 3.46. The number of methoxy groups -OCH3 is 2. The Morgan fingerprint density at radius 2 is 1.52 bits per heavy atom. The Morgan fingerprint density at radius 3 is 2.16 bits per heavy atom. The third-order valence-corrected chi connectivity index (χ3v) is 11.1. The van der Waals surface area contributed by atoms with Gasteiger partial charge in [-0.15, -0.1) is 0 Å². The molecule has 1 saturated carbocycles. The number of sulfonamides is 1. The highest BCUT2D eigenvalue weighted by molar-refractivity contribution is 9.10. The first-order chi connectivity index (χ1) is 24.1. The monoisotopic (exact) mass is 765 g/mol. The molecule has 0 heterocycles. The van der Waals surface area contributed by atoms with Gasteiger partial charge in [-0.25, -0.2) is 12.8 Å². The minimum absolute atomic E-state index is 0.0136. The van der Waals surface area contributed by atoms with Gasteiger partial charge in [0.1, 0.15) is 18.4 Å². The smallest absolute Gasteiger partial charge is 0.264 e. The number of carbonyl (C=O) groups is 2. The van der Waals surface area contributed by atoms with Crippen molar-refractivity contribution in [1.82, 2.24) is 10.2 Å². The lowest BCUT2D eigenvalue weighted by atomic mass is 9.94. The fourth-order valence-electron chi connectivity index (χ4n) is 6.13. The molecule has 4 aromatic carbocycles. The zero-order valence-corrected chi connectivity index (χ0v) is 30.5. The first-order valence-corrected chi connectivity index (χ1v) is 18.7. The number of benzene rings is 4. The second-order valence-corrected chi connectivity index (χ2v) is 15.0. The maximum absolute atomic E-state index is 14.7. The van der Waals surface area contributed by atoms with Crippen LogP contribution >= 0.6 is 15.9 Å². The van der Waals surface area contributed by atoms with Crippen LogP contribution in [0, 0.1) is 5.82 Å². The van der Waals surface area contributed by atoms with E-state index in [0.29, 0.717) is 5.75 Å². The van der Waals surface area contributed by atoms with Crippen LogP contribution in [0.3, 0.4) is 0 Å². The largest absolute Gasteiger partial charge is 0.493 e. The van der Waals surface area contributed by atoms with E-state index in [-0.39, 0.29) is 41.2 Å². The van der Waals surface area contributed by atoms with Gasteiger partial charge in [-0.3, -0.25) is 13.9 Å². The van der Waals surface area contributed by atoms with Gasteiger partial charge in [0, 0.05) is 29.5 Å². The highest BCUT2D eigenvalue weighted by Crippen LogP contribution is 2.33. The Morgan fingerprint density at radius 1 is 0.860 bits per heavy atom. The van der Waals surface area contributed by atoms with Gasteiger partial charge >= 0.3 is 0 Å². The molecule has 0 unspecified atom stereocenters. The quantitative estimate of drug-likeness (QED) is 0.150. The molecule has 264 valence electrons. The normalized spacial score (nSPS) is 14.0. The number of anilines is 1. The van der Waals surface area contributed by atoms with Crippen LogP contribution in [0.5, 0.6) is 11.5 Å². The van der Waals surface area contributed by atoms with Gasteiger partial charge < -0.3 is 19.7 Å². The number of rotatable bonds is 14. The maximum atomic E-state index is 14.7. The Balaban J connectivity index is 1.57. The van der Waals surface area contributed by atoms with Crippen molar-refractivity contribution in [3.8, 4) is 11.5 Å². The van der Waals surface area contributed by atoms with E-state index in [1.54, 1.807) is 0 Å². The van der Waals surface area contributed by atoms with Crippen LogP contribution in [-0.2, 0) is 32.6 Å². The molecule has 9 nitrogen and oxygen atoms in total. The molecule has 1 aliphatic carbocycles. The van der Waals surface area contributed by atoms with E-state index in [4.69, 9.17) is 9.47 Å². The van der Waals surface area contributed by atoms with Crippen molar-refractivity contribution in [2.75, 3.05) is 25.1 Å². The van der Waals surface area contributed by atoms with Gasteiger partial charge in [0.05, 0.1) is 24.8 Å². The maximum Gasteiger partial charge on any atom is 0.264 e. The van der Waals surface area contributed by atoms with E-state index in [1.807, 2.05) is 54.6 Å². The molecule has 0 bridgehead atoms. The van der Waals surface area contributed by atoms with Crippen LogP contribution in [0.4, 0.5) is 10.1 Å². The van der Waals surface area contributed by atoms with Crippen molar-refractivity contribution in [2.45, 2.75) is 62.0 Å². The average Bonchev–Trinajstić information content (AvgIpc) is 3.13. The number of hydrogen-bond acceptors (Lipinski definition) is 6. The van der Waals surface area contributed by atoms with Crippen molar-refractivity contribution in [3.63, 3.8) is 0 Å². The molecule has 2 amide bonds. The van der Waals surface area contributed by atoms with Crippen LogP contribution in [0.2, 0.25) is 0 Å². The second kappa shape index (κ2) is 17.0. The number of nitrogens with zero attached hydrogens (tertiary/aromatic N) is 2. The molecule has 4 aromatic rings. The zero-order valence-electron chi connectivity index (χ0n) is 28.1. The van der Waals surface area contributed by atoms with Crippen LogP contribution in [0.15, 0.2) is 106 Å².